The van der Waals surface area contributed by atoms with E-state index in [1.807, 2.05) is 0 Å². The van der Waals surface area contributed by atoms with Crippen LogP contribution in [0, 0.1) is 21.7 Å². The van der Waals surface area contributed by atoms with E-state index in [4.69, 9.17) is 0 Å². The van der Waals surface area contributed by atoms with Crippen LogP contribution in [0.2, 0.25) is 0 Å². The largest absolute Gasteiger partial charge is 0.348 e. The first-order chi connectivity index (χ1) is 9.47. The lowest BCUT2D eigenvalue weighted by atomic mass is 10.1. The first kappa shape index (κ1) is 13.8. The van der Waals surface area contributed by atoms with Crippen LogP contribution in [0.1, 0.15) is 18.5 Å². The van der Waals surface area contributed by atoms with Gasteiger partial charge in [0.15, 0.2) is 11.6 Å². The third kappa shape index (κ3) is 3.02. The summed E-state index contributed by atoms with van der Waals surface area (Å²) in [6.45, 7) is 1.71. The molecule has 0 saturated heterocycles. The summed E-state index contributed by atoms with van der Waals surface area (Å²) in [7, 11) is 0. The molecule has 2 rings (SSSR count). The average molecular weight is 280 g/mol. The molecule has 0 aliphatic rings. The van der Waals surface area contributed by atoms with Crippen LogP contribution in [0.25, 0.3) is 0 Å². The Kier molecular flexibility index (Phi) is 3.83. The molecule has 0 radical (unpaired) electrons. The van der Waals surface area contributed by atoms with E-state index in [0.717, 1.165) is 24.5 Å². The van der Waals surface area contributed by atoms with Gasteiger partial charge in [0.05, 0.1) is 11.0 Å². The van der Waals surface area contributed by atoms with Gasteiger partial charge in [-0.15, -0.1) is 0 Å². The zero-order chi connectivity index (χ0) is 14.7. The minimum Gasteiger partial charge on any atom is -0.348 e. The molecule has 0 bridgehead atoms. The molecule has 1 heterocycles. The molecule has 1 atom stereocenters. The third-order valence-corrected chi connectivity index (χ3v) is 2.64. The van der Waals surface area contributed by atoms with Crippen LogP contribution in [-0.2, 0) is 0 Å². The van der Waals surface area contributed by atoms with Gasteiger partial charge in [-0.25, -0.2) is 18.7 Å². The topological polar surface area (TPSA) is 81.0 Å². The first-order valence-corrected chi connectivity index (χ1v) is 5.65. The van der Waals surface area contributed by atoms with Crippen LogP contribution in [0.5, 0.6) is 0 Å². The highest BCUT2D eigenvalue weighted by Gasteiger charge is 2.12. The van der Waals surface area contributed by atoms with Gasteiger partial charge in [-0.2, -0.15) is 0 Å². The highest BCUT2D eigenvalue weighted by atomic mass is 19.2. The van der Waals surface area contributed by atoms with Crippen LogP contribution < -0.4 is 5.32 Å². The second kappa shape index (κ2) is 5.55. The van der Waals surface area contributed by atoms with E-state index in [2.05, 4.69) is 15.3 Å². The summed E-state index contributed by atoms with van der Waals surface area (Å²) in [5.41, 5.74) is 0.280. The molecule has 0 fully saturated rings. The second-order valence-electron chi connectivity index (χ2n) is 4.06. The monoisotopic (exact) mass is 280 g/mol. The van der Waals surface area contributed by atoms with Crippen molar-refractivity contribution in [3.63, 3.8) is 0 Å². The molecule has 2 aromatic rings. The summed E-state index contributed by atoms with van der Waals surface area (Å²) in [6.07, 6.45) is 2.13. The maximum atomic E-state index is 13.1. The number of anilines is 1. The number of aromatic nitrogens is 2. The number of nitro groups is 1. The van der Waals surface area contributed by atoms with Crippen molar-refractivity contribution in [2.75, 3.05) is 5.32 Å². The molecule has 0 saturated carbocycles. The van der Waals surface area contributed by atoms with E-state index in [0.29, 0.717) is 5.56 Å². The van der Waals surface area contributed by atoms with Crippen molar-refractivity contribution in [1.82, 2.24) is 9.97 Å². The predicted molar refractivity (Wildman–Crippen MR) is 67.1 cm³/mol. The molecule has 104 valence electrons. The van der Waals surface area contributed by atoms with Crippen molar-refractivity contribution in [2.45, 2.75) is 13.0 Å². The Morgan fingerprint density at radius 2 is 1.90 bits per heavy atom. The Labute approximate surface area is 112 Å². The molecule has 1 aromatic carbocycles. The minimum absolute atomic E-state index is 0.160. The van der Waals surface area contributed by atoms with Crippen molar-refractivity contribution in [1.29, 1.82) is 0 Å². The molecule has 1 N–H and O–H groups in total. The first-order valence-electron chi connectivity index (χ1n) is 5.65. The molecule has 1 unspecified atom stereocenters. The van der Waals surface area contributed by atoms with Gasteiger partial charge in [0, 0.05) is 0 Å². The van der Waals surface area contributed by atoms with Gasteiger partial charge in [0.25, 0.3) is 0 Å². The van der Waals surface area contributed by atoms with E-state index in [1.165, 1.54) is 6.07 Å². The lowest BCUT2D eigenvalue weighted by Crippen LogP contribution is -2.10. The molecule has 8 heteroatoms. The van der Waals surface area contributed by atoms with Gasteiger partial charge in [0.1, 0.15) is 12.4 Å². The number of nitrogens with zero attached hydrogens (tertiary/aromatic N) is 3. The van der Waals surface area contributed by atoms with Crippen LogP contribution >= 0.6 is 0 Å². The molecular weight excluding hydrogens is 270 g/mol. The van der Waals surface area contributed by atoms with Crippen LogP contribution in [-0.4, -0.2) is 14.9 Å². The smallest absolute Gasteiger partial charge is 0.305 e. The minimum atomic E-state index is -0.944. The van der Waals surface area contributed by atoms with Crippen molar-refractivity contribution in [3.8, 4) is 0 Å². The van der Waals surface area contributed by atoms with Crippen molar-refractivity contribution in [3.05, 3.63) is 57.9 Å². The molecule has 0 aliphatic heterocycles. The van der Waals surface area contributed by atoms with Crippen LogP contribution in [0.15, 0.2) is 30.6 Å². The quantitative estimate of drug-likeness (QED) is 0.688. The number of benzene rings is 1. The molecule has 0 spiro atoms. The van der Waals surface area contributed by atoms with Crippen LogP contribution in [0.4, 0.5) is 20.4 Å². The summed E-state index contributed by atoms with van der Waals surface area (Å²) in [5, 5.41) is 13.3. The molecule has 20 heavy (non-hydrogen) atoms. The number of nitrogens with one attached hydrogen (secondary N) is 1. The van der Waals surface area contributed by atoms with Gasteiger partial charge in [-0.3, -0.25) is 10.1 Å². The zero-order valence-corrected chi connectivity index (χ0v) is 10.4. The van der Waals surface area contributed by atoms with Crippen molar-refractivity contribution in [2.24, 2.45) is 0 Å². The predicted octanol–water partition coefficient (Wildman–Crippen LogP) is 2.84. The molecule has 1 aromatic heterocycles. The van der Waals surface area contributed by atoms with E-state index in [9.17, 15) is 18.9 Å². The summed E-state index contributed by atoms with van der Waals surface area (Å²) in [5.74, 6) is -1.71. The summed E-state index contributed by atoms with van der Waals surface area (Å²) in [6, 6.07) is 3.14. The fraction of sp³-hybridized carbons (Fsp3) is 0.167. The Morgan fingerprint density at radius 1 is 1.25 bits per heavy atom. The summed E-state index contributed by atoms with van der Waals surface area (Å²) in [4.78, 5) is 17.4. The summed E-state index contributed by atoms with van der Waals surface area (Å²) >= 11 is 0. The average Bonchev–Trinajstić information content (AvgIpc) is 2.42. The highest BCUT2D eigenvalue weighted by Crippen LogP contribution is 2.19. The Hall–Kier alpha value is -2.64. The highest BCUT2D eigenvalue weighted by molar-refractivity contribution is 5.34. The Morgan fingerprint density at radius 3 is 2.45 bits per heavy atom. The molecular formula is C12H10F2N4O2. The molecule has 0 amide bonds. The normalized spacial score (nSPS) is 11.9. The number of hydrogen-bond donors (Lipinski definition) is 1. The van der Waals surface area contributed by atoms with Gasteiger partial charge in [0.2, 0.25) is 5.95 Å². The zero-order valence-electron chi connectivity index (χ0n) is 10.4. The van der Waals surface area contributed by atoms with Crippen molar-refractivity contribution < 1.29 is 13.7 Å². The van der Waals surface area contributed by atoms with E-state index in [-0.39, 0.29) is 17.7 Å². The lowest BCUT2D eigenvalue weighted by molar-refractivity contribution is -0.385. The van der Waals surface area contributed by atoms with Gasteiger partial charge < -0.3 is 5.32 Å². The van der Waals surface area contributed by atoms with E-state index >= 15 is 0 Å². The van der Waals surface area contributed by atoms with E-state index < -0.39 is 16.6 Å². The fourth-order valence-electron chi connectivity index (χ4n) is 1.55. The maximum Gasteiger partial charge on any atom is 0.305 e. The molecule has 0 aliphatic carbocycles. The van der Waals surface area contributed by atoms with Gasteiger partial charge >= 0.3 is 5.69 Å². The lowest BCUT2D eigenvalue weighted by Gasteiger charge is -2.14. The maximum absolute atomic E-state index is 13.1. The number of rotatable bonds is 4. The third-order valence-electron chi connectivity index (χ3n) is 2.64. The number of hydrogen-bond acceptors (Lipinski definition) is 5. The fourth-order valence-corrected chi connectivity index (χ4v) is 1.55. The number of halogens is 2. The van der Waals surface area contributed by atoms with Gasteiger partial charge in [-0.05, 0) is 24.6 Å². The molecule has 6 nitrogen and oxygen atoms in total. The van der Waals surface area contributed by atoms with Crippen LogP contribution in [0.3, 0.4) is 0 Å². The SMILES string of the molecule is CC(Nc1ncc([N+](=O)[O-])cn1)c1ccc(F)c(F)c1. The van der Waals surface area contributed by atoms with Crippen molar-refractivity contribution >= 4 is 11.6 Å². The summed E-state index contributed by atoms with van der Waals surface area (Å²) < 4.78 is 25.9. The second-order valence-corrected chi connectivity index (χ2v) is 4.06. The van der Waals surface area contributed by atoms with Gasteiger partial charge in [-0.1, -0.05) is 6.07 Å². The van der Waals surface area contributed by atoms with E-state index in [1.54, 1.807) is 6.92 Å². The Bertz CT molecular complexity index is 634. The standard InChI is InChI=1S/C12H10F2N4O2/c1-7(8-2-3-10(13)11(14)4-8)17-12-15-5-9(6-16-12)18(19)20/h2-7H,1H3,(H,15,16,17). The Balaban J connectivity index is 2.12.